The molecule has 2 N–H and O–H groups in total. The van der Waals surface area contributed by atoms with Gasteiger partial charge in [0.05, 0.1) is 11.2 Å². The predicted molar refractivity (Wildman–Crippen MR) is 136 cm³/mol. The number of fused-ring (bicyclic) bond motifs is 2. The lowest BCUT2D eigenvalue weighted by Gasteiger charge is -2.13. The molecule has 0 bridgehead atoms. The second-order valence-electron chi connectivity index (χ2n) is 9.14. The van der Waals surface area contributed by atoms with Crippen molar-refractivity contribution in [3.05, 3.63) is 72.8 Å². The van der Waals surface area contributed by atoms with Gasteiger partial charge >= 0.3 is 0 Å². The molecule has 0 radical (unpaired) electrons. The van der Waals surface area contributed by atoms with Gasteiger partial charge in [-0.2, -0.15) is 10.2 Å². The van der Waals surface area contributed by atoms with Crippen LogP contribution in [0.25, 0.3) is 33.2 Å². The van der Waals surface area contributed by atoms with Crippen molar-refractivity contribution >= 4 is 22.2 Å². The number of rotatable bonds is 7. The summed E-state index contributed by atoms with van der Waals surface area (Å²) in [6.07, 6.45) is 9.60. The van der Waals surface area contributed by atoms with Gasteiger partial charge in [0.25, 0.3) is 0 Å². The second kappa shape index (κ2) is 8.91. The molecule has 0 atom stereocenters. The second-order valence-corrected chi connectivity index (χ2v) is 9.14. The van der Waals surface area contributed by atoms with Gasteiger partial charge in [-0.15, -0.1) is 0 Å². The van der Waals surface area contributed by atoms with E-state index in [2.05, 4.69) is 57.6 Å². The summed E-state index contributed by atoms with van der Waals surface area (Å²) in [6.45, 7) is 3.70. The molecule has 7 heteroatoms. The number of benzene rings is 2. The molecule has 1 aliphatic heterocycles. The van der Waals surface area contributed by atoms with E-state index in [-0.39, 0.29) is 0 Å². The Hall–Kier alpha value is -3.71. The van der Waals surface area contributed by atoms with E-state index in [4.69, 9.17) is 10.8 Å². The normalized spacial score (nSPS) is 14.5. The third-order valence-electron chi connectivity index (χ3n) is 6.85. The number of unbranched alkanes of at least 4 members (excludes halogenated alkanes) is 1. The van der Waals surface area contributed by atoms with Crippen LogP contribution in [0.2, 0.25) is 0 Å². The summed E-state index contributed by atoms with van der Waals surface area (Å²) < 4.78 is 3.90. The number of para-hydroxylation sites is 1. The molecule has 5 aromatic rings. The van der Waals surface area contributed by atoms with Crippen molar-refractivity contribution in [1.82, 2.24) is 29.3 Å². The molecular weight excluding hydrogens is 422 g/mol. The number of anilines is 1. The first-order chi connectivity index (χ1) is 16.8. The van der Waals surface area contributed by atoms with E-state index in [0.29, 0.717) is 5.82 Å². The van der Waals surface area contributed by atoms with Gasteiger partial charge in [-0.05, 0) is 81.6 Å². The lowest BCUT2D eigenvalue weighted by Crippen LogP contribution is -2.20. The first-order valence-corrected chi connectivity index (χ1v) is 12.1. The van der Waals surface area contributed by atoms with Crippen LogP contribution in [-0.2, 0) is 6.42 Å². The molecule has 0 aliphatic carbocycles. The number of aromatic nitrogens is 5. The summed E-state index contributed by atoms with van der Waals surface area (Å²) in [6, 6.07) is 18.8. The number of likely N-dealkylation sites (tertiary alicyclic amines) is 1. The standard InChI is InChI=1S/C27H29N7/c28-27-26-24(17-23(34(26)30-19-29-27)10-4-5-13-32-14-6-7-15-32)20-11-12-21-18-33(31-25(21)16-20)22-8-2-1-3-9-22/h1-3,8-9,11-12,16-19H,4-7,10,13-15H2,(H2,28,29,30). The van der Waals surface area contributed by atoms with Crippen LogP contribution in [-0.4, -0.2) is 48.9 Å². The maximum Gasteiger partial charge on any atom is 0.151 e. The molecule has 7 nitrogen and oxygen atoms in total. The Labute approximate surface area is 198 Å². The van der Waals surface area contributed by atoms with Gasteiger partial charge in [-0.25, -0.2) is 14.2 Å². The Kier molecular flexibility index (Phi) is 5.47. The molecule has 0 spiro atoms. The molecule has 2 aromatic carbocycles. The van der Waals surface area contributed by atoms with Crippen LogP contribution >= 0.6 is 0 Å². The number of nitrogens with zero attached hydrogens (tertiary/aromatic N) is 6. The highest BCUT2D eigenvalue weighted by atomic mass is 15.3. The van der Waals surface area contributed by atoms with Crippen molar-refractivity contribution in [2.24, 2.45) is 0 Å². The first kappa shape index (κ1) is 20.9. The molecule has 0 amide bonds. The predicted octanol–water partition coefficient (Wildman–Crippen LogP) is 4.74. The summed E-state index contributed by atoms with van der Waals surface area (Å²) in [5, 5.41) is 10.5. The van der Waals surface area contributed by atoms with E-state index in [1.807, 2.05) is 27.4 Å². The molecule has 34 heavy (non-hydrogen) atoms. The molecule has 1 fully saturated rings. The zero-order chi connectivity index (χ0) is 22.9. The molecule has 0 unspecified atom stereocenters. The Morgan fingerprint density at radius 1 is 0.941 bits per heavy atom. The minimum absolute atomic E-state index is 0.503. The van der Waals surface area contributed by atoms with E-state index in [0.717, 1.165) is 46.1 Å². The van der Waals surface area contributed by atoms with E-state index >= 15 is 0 Å². The van der Waals surface area contributed by atoms with Crippen LogP contribution < -0.4 is 5.73 Å². The largest absolute Gasteiger partial charge is 0.382 e. The summed E-state index contributed by atoms with van der Waals surface area (Å²) in [5.41, 5.74) is 12.5. The number of nitrogens with two attached hydrogens (primary N) is 1. The molecule has 1 aliphatic rings. The minimum Gasteiger partial charge on any atom is -0.382 e. The zero-order valence-electron chi connectivity index (χ0n) is 19.3. The van der Waals surface area contributed by atoms with Gasteiger partial charge < -0.3 is 10.6 Å². The van der Waals surface area contributed by atoms with Gasteiger partial charge in [-0.1, -0.05) is 30.3 Å². The van der Waals surface area contributed by atoms with Crippen molar-refractivity contribution < 1.29 is 0 Å². The summed E-state index contributed by atoms with van der Waals surface area (Å²) >= 11 is 0. The fourth-order valence-corrected chi connectivity index (χ4v) is 5.08. The van der Waals surface area contributed by atoms with Crippen LogP contribution in [0.1, 0.15) is 31.4 Å². The molecule has 172 valence electrons. The van der Waals surface area contributed by atoms with Crippen molar-refractivity contribution in [1.29, 1.82) is 0 Å². The summed E-state index contributed by atoms with van der Waals surface area (Å²) in [4.78, 5) is 6.86. The monoisotopic (exact) mass is 451 g/mol. The number of hydrogen-bond donors (Lipinski definition) is 1. The Morgan fingerprint density at radius 3 is 2.65 bits per heavy atom. The highest BCUT2D eigenvalue weighted by molar-refractivity contribution is 5.92. The molecule has 1 saturated heterocycles. The maximum absolute atomic E-state index is 6.34. The van der Waals surface area contributed by atoms with Gasteiger partial charge in [-0.3, -0.25) is 0 Å². The van der Waals surface area contributed by atoms with Crippen molar-refractivity contribution in [3.63, 3.8) is 0 Å². The lowest BCUT2D eigenvalue weighted by molar-refractivity contribution is 0.330. The van der Waals surface area contributed by atoms with Gasteiger partial charge in [0, 0.05) is 22.8 Å². The topological polar surface area (TPSA) is 77.3 Å². The van der Waals surface area contributed by atoms with E-state index in [9.17, 15) is 0 Å². The van der Waals surface area contributed by atoms with Crippen LogP contribution in [0.4, 0.5) is 5.82 Å². The fourth-order valence-electron chi connectivity index (χ4n) is 5.08. The first-order valence-electron chi connectivity index (χ1n) is 12.1. The van der Waals surface area contributed by atoms with E-state index in [1.54, 1.807) is 6.33 Å². The third-order valence-corrected chi connectivity index (χ3v) is 6.85. The lowest BCUT2D eigenvalue weighted by atomic mass is 10.0. The smallest absolute Gasteiger partial charge is 0.151 e. The molecule has 6 rings (SSSR count). The number of nitrogen functional groups attached to an aromatic ring is 1. The van der Waals surface area contributed by atoms with Crippen LogP contribution in [0.15, 0.2) is 67.1 Å². The highest BCUT2D eigenvalue weighted by Crippen LogP contribution is 2.32. The van der Waals surface area contributed by atoms with Crippen LogP contribution in [0.5, 0.6) is 0 Å². The van der Waals surface area contributed by atoms with E-state index in [1.165, 1.54) is 44.6 Å². The number of aryl methyl sites for hydroxylation is 1. The van der Waals surface area contributed by atoms with Crippen molar-refractivity contribution in [2.45, 2.75) is 32.1 Å². The zero-order valence-corrected chi connectivity index (χ0v) is 19.3. The maximum atomic E-state index is 6.34. The van der Waals surface area contributed by atoms with Crippen LogP contribution in [0, 0.1) is 0 Å². The average Bonchev–Trinajstić information content (AvgIpc) is 3.61. The van der Waals surface area contributed by atoms with Gasteiger partial charge in [0.1, 0.15) is 11.8 Å². The SMILES string of the molecule is Nc1ncnn2c(CCCCN3CCCC3)cc(-c3ccc4cn(-c5ccccc5)nc4c3)c12. The summed E-state index contributed by atoms with van der Waals surface area (Å²) in [7, 11) is 0. The molecular formula is C27H29N7. The van der Waals surface area contributed by atoms with Crippen molar-refractivity contribution in [2.75, 3.05) is 25.4 Å². The Morgan fingerprint density at radius 2 is 1.79 bits per heavy atom. The average molecular weight is 452 g/mol. The molecule has 0 saturated carbocycles. The third kappa shape index (κ3) is 3.92. The highest BCUT2D eigenvalue weighted by Gasteiger charge is 2.17. The van der Waals surface area contributed by atoms with Crippen LogP contribution in [0.3, 0.4) is 0 Å². The Balaban J connectivity index is 1.31. The fraction of sp³-hybridized carbons (Fsp3) is 0.296. The van der Waals surface area contributed by atoms with E-state index < -0.39 is 0 Å². The van der Waals surface area contributed by atoms with Gasteiger partial charge in [0.15, 0.2) is 5.82 Å². The summed E-state index contributed by atoms with van der Waals surface area (Å²) in [5.74, 6) is 0.503. The van der Waals surface area contributed by atoms with Crippen molar-refractivity contribution in [3.8, 4) is 16.8 Å². The quantitative estimate of drug-likeness (QED) is 0.362. The van der Waals surface area contributed by atoms with Gasteiger partial charge in [0.2, 0.25) is 0 Å². The minimum atomic E-state index is 0.503. The molecule has 3 aromatic heterocycles. The molecule has 4 heterocycles. The number of hydrogen-bond acceptors (Lipinski definition) is 5. The Bertz CT molecular complexity index is 1430.